The molecule has 1 atom stereocenters. The summed E-state index contributed by atoms with van der Waals surface area (Å²) < 4.78 is 1.36. The minimum absolute atomic E-state index is 0.0534. The zero-order valence-electron chi connectivity index (χ0n) is 11.4. The van der Waals surface area contributed by atoms with E-state index in [-0.39, 0.29) is 11.7 Å². The lowest BCUT2D eigenvalue weighted by atomic mass is 9.95. The van der Waals surface area contributed by atoms with Crippen LogP contribution in [0, 0.1) is 16.0 Å². The highest BCUT2D eigenvalue weighted by atomic mass is 79.9. The third kappa shape index (κ3) is 3.03. The van der Waals surface area contributed by atoms with Crippen LogP contribution in [0.25, 0.3) is 0 Å². The molecule has 6 nitrogen and oxygen atoms in total. The molecule has 2 heterocycles. The van der Waals surface area contributed by atoms with E-state index in [0.717, 1.165) is 37.7 Å². The van der Waals surface area contributed by atoms with Crippen LogP contribution in [0.2, 0.25) is 0 Å². The number of alkyl halides is 1. The lowest BCUT2D eigenvalue weighted by molar-refractivity contribution is -0.391. The standard InChI is InChI=1S/C13H18BrN3O3/c1-15-11(4-5-12(15)17(19)20)13(18)16-8-2-3-10(9-16)6-7-14/h4-5,10H,2-3,6-9H2,1H3. The molecule has 1 aromatic heterocycles. The second kappa shape index (κ2) is 6.39. The van der Waals surface area contributed by atoms with Crippen LogP contribution in [-0.4, -0.2) is 38.7 Å². The lowest BCUT2D eigenvalue weighted by Gasteiger charge is -2.32. The Kier molecular flexibility index (Phi) is 4.80. The Morgan fingerprint density at radius 3 is 2.90 bits per heavy atom. The molecule has 0 spiro atoms. The first-order chi connectivity index (χ1) is 9.54. The summed E-state index contributed by atoms with van der Waals surface area (Å²) in [6.45, 7) is 1.47. The molecular formula is C13H18BrN3O3. The number of nitro groups is 1. The van der Waals surface area contributed by atoms with Crippen molar-refractivity contribution >= 4 is 27.7 Å². The number of carbonyl (C=O) groups is 1. The van der Waals surface area contributed by atoms with Gasteiger partial charge in [-0.15, -0.1) is 0 Å². The smallest absolute Gasteiger partial charge is 0.323 e. The predicted molar refractivity (Wildman–Crippen MR) is 79.1 cm³/mol. The molecule has 0 N–H and O–H groups in total. The molecule has 1 aliphatic heterocycles. The fourth-order valence-corrected chi connectivity index (χ4v) is 3.35. The van der Waals surface area contributed by atoms with Crippen molar-refractivity contribution < 1.29 is 9.72 Å². The van der Waals surface area contributed by atoms with E-state index in [9.17, 15) is 14.9 Å². The van der Waals surface area contributed by atoms with E-state index in [1.54, 1.807) is 7.05 Å². The molecule has 1 amide bonds. The molecule has 1 aliphatic rings. The number of aromatic nitrogens is 1. The Morgan fingerprint density at radius 2 is 2.30 bits per heavy atom. The van der Waals surface area contributed by atoms with E-state index in [2.05, 4.69) is 15.9 Å². The van der Waals surface area contributed by atoms with Crippen molar-refractivity contribution in [3.05, 3.63) is 27.9 Å². The molecule has 1 aromatic rings. The molecule has 0 aliphatic carbocycles. The number of carbonyl (C=O) groups excluding carboxylic acids is 1. The van der Waals surface area contributed by atoms with E-state index in [1.165, 1.54) is 16.7 Å². The Bertz CT molecular complexity index is 513. The summed E-state index contributed by atoms with van der Waals surface area (Å²) in [6.07, 6.45) is 3.19. The summed E-state index contributed by atoms with van der Waals surface area (Å²) in [7, 11) is 1.56. The second-order valence-electron chi connectivity index (χ2n) is 5.13. The molecule has 1 fully saturated rings. The van der Waals surface area contributed by atoms with Crippen LogP contribution in [0.5, 0.6) is 0 Å². The van der Waals surface area contributed by atoms with Crippen LogP contribution in [0.15, 0.2) is 12.1 Å². The van der Waals surface area contributed by atoms with E-state index in [0.29, 0.717) is 11.6 Å². The van der Waals surface area contributed by atoms with Gasteiger partial charge in [0.05, 0.1) is 7.05 Å². The second-order valence-corrected chi connectivity index (χ2v) is 5.92. The maximum Gasteiger partial charge on any atom is 0.323 e. The van der Waals surface area contributed by atoms with Crippen LogP contribution in [0.1, 0.15) is 29.8 Å². The maximum absolute atomic E-state index is 12.5. The molecule has 1 saturated heterocycles. The average molecular weight is 344 g/mol. The number of rotatable bonds is 4. The van der Waals surface area contributed by atoms with E-state index in [4.69, 9.17) is 0 Å². The van der Waals surface area contributed by atoms with Gasteiger partial charge in [-0.05, 0) is 36.2 Å². The van der Waals surface area contributed by atoms with Gasteiger partial charge < -0.3 is 15.0 Å². The first-order valence-electron chi connectivity index (χ1n) is 6.70. The van der Waals surface area contributed by atoms with Crippen LogP contribution in [0.4, 0.5) is 5.82 Å². The molecule has 2 rings (SSSR count). The van der Waals surface area contributed by atoms with Crippen LogP contribution in [0.3, 0.4) is 0 Å². The monoisotopic (exact) mass is 343 g/mol. The normalized spacial score (nSPS) is 19.1. The van der Waals surface area contributed by atoms with Gasteiger partial charge in [0.15, 0.2) is 5.69 Å². The molecule has 110 valence electrons. The van der Waals surface area contributed by atoms with Gasteiger partial charge >= 0.3 is 5.82 Å². The first kappa shape index (κ1) is 15.0. The van der Waals surface area contributed by atoms with Crippen molar-refractivity contribution in [1.29, 1.82) is 0 Å². The molecule has 0 aromatic carbocycles. The number of halogens is 1. The van der Waals surface area contributed by atoms with Gasteiger partial charge in [-0.1, -0.05) is 15.9 Å². The number of amides is 1. The number of piperidine rings is 1. The predicted octanol–water partition coefficient (Wildman–Crippen LogP) is 2.57. The highest BCUT2D eigenvalue weighted by molar-refractivity contribution is 9.09. The number of nitrogens with zero attached hydrogens (tertiary/aromatic N) is 3. The average Bonchev–Trinajstić information content (AvgIpc) is 2.80. The zero-order chi connectivity index (χ0) is 14.7. The third-order valence-electron chi connectivity index (χ3n) is 3.83. The Morgan fingerprint density at radius 1 is 1.55 bits per heavy atom. The van der Waals surface area contributed by atoms with Gasteiger partial charge in [-0.25, -0.2) is 4.57 Å². The maximum atomic E-state index is 12.5. The quantitative estimate of drug-likeness (QED) is 0.479. The van der Waals surface area contributed by atoms with Crippen LogP contribution in [-0.2, 0) is 7.05 Å². The number of hydrogen-bond acceptors (Lipinski definition) is 3. The Hall–Kier alpha value is -1.37. The fourth-order valence-electron chi connectivity index (χ4n) is 2.70. The summed E-state index contributed by atoms with van der Waals surface area (Å²) >= 11 is 3.44. The van der Waals surface area contributed by atoms with Gasteiger partial charge in [0.25, 0.3) is 5.91 Å². The minimum Gasteiger partial charge on any atom is -0.358 e. The molecular weight excluding hydrogens is 326 g/mol. The van der Waals surface area contributed by atoms with Crippen LogP contribution < -0.4 is 0 Å². The summed E-state index contributed by atoms with van der Waals surface area (Å²) in [6, 6.07) is 2.92. The first-order valence-corrected chi connectivity index (χ1v) is 7.82. The molecule has 0 saturated carbocycles. The van der Waals surface area contributed by atoms with Crippen LogP contribution >= 0.6 is 15.9 Å². The molecule has 20 heavy (non-hydrogen) atoms. The zero-order valence-corrected chi connectivity index (χ0v) is 13.0. The molecule has 0 radical (unpaired) electrons. The minimum atomic E-state index is -0.472. The van der Waals surface area contributed by atoms with Crippen molar-refractivity contribution in [2.24, 2.45) is 13.0 Å². The van der Waals surface area contributed by atoms with Crippen molar-refractivity contribution in [3.8, 4) is 0 Å². The van der Waals surface area contributed by atoms with E-state index >= 15 is 0 Å². The van der Waals surface area contributed by atoms with Gasteiger partial charge in [0.1, 0.15) is 0 Å². The van der Waals surface area contributed by atoms with Gasteiger partial charge in [-0.3, -0.25) is 4.79 Å². The Labute approximate surface area is 126 Å². The van der Waals surface area contributed by atoms with Gasteiger partial charge in [0, 0.05) is 24.5 Å². The highest BCUT2D eigenvalue weighted by Crippen LogP contribution is 2.23. The SMILES string of the molecule is Cn1c(C(=O)N2CCCC(CCBr)C2)ccc1[N+](=O)[O-]. The highest BCUT2D eigenvalue weighted by Gasteiger charge is 2.28. The van der Waals surface area contributed by atoms with Crippen molar-refractivity contribution in [3.63, 3.8) is 0 Å². The van der Waals surface area contributed by atoms with Crippen molar-refractivity contribution in [2.75, 3.05) is 18.4 Å². The topological polar surface area (TPSA) is 68.4 Å². The van der Waals surface area contributed by atoms with Crippen molar-refractivity contribution in [1.82, 2.24) is 9.47 Å². The molecule has 1 unspecified atom stereocenters. The number of hydrogen-bond donors (Lipinski definition) is 0. The molecule has 0 bridgehead atoms. The number of likely N-dealkylation sites (tertiary alicyclic amines) is 1. The van der Waals surface area contributed by atoms with Crippen molar-refractivity contribution in [2.45, 2.75) is 19.3 Å². The van der Waals surface area contributed by atoms with E-state index < -0.39 is 4.92 Å². The van der Waals surface area contributed by atoms with Gasteiger partial charge in [0.2, 0.25) is 0 Å². The largest absolute Gasteiger partial charge is 0.358 e. The lowest BCUT2D eigenvalue weighted by Crippen LogP contribution is -2.40. The molecule has 7 heteroatoms. The fraction of sp³-hybridized carbons (Fsp3) is 0.615. The summed E-state index contributed by atoms with van der Waals surface area (Å²) in [5, 5.41) is 11.8. The van der Waals surface area contributed by atoms with Gasteiger partial charge in [-0.2, -0.15) is 0 Å². The summed E-state index contributed by atoms with van der Waals surface area (Å²) in [4.78, 5) is 24.6. The third-order valence-corrected chi connectivity index (χ3v) is 4.28. The summed E-state index contributed by atoms with van der Waals surface area (Å²) in [5.74, 6) is 0.351. The summed E-state index contributed by atoms with van der Waals surface area (Å²) in [5.41, 5.74) is 0.385. The van der Waals surface area contributed by atoms with E-state index in [1.807, 2.05) is 4.90 Å². The Balaban J connectivity index is 2.13.